The molecule has 11 heavy (non-hydrogen) atoms. The average Bonchev–Trinajstić information content (AvgIpc) is 2.55. The lowest BCUT2D eigenvalue weighted by Crippen LogP contribution is -2.10. The van der Waals surface area contributed by atoms with Crippen molar-refractivity contribution in [3.63, 3.8) is 0 Å². The molecular weight excluding hydrogens is 138 g/mol. The molecule has 0 radical (unpaired) electrons. The summed E-state index contributed by atoms with van der Waals surface area (Å²) in [6.07, 6.45) is 6.00. The molecule has 3 heteroatoms. The number of aryl methyl sites for hydroxylation is 1. The molecule has 1 aliphatic heterocycles. The van der Waals surface area contributed by atoms with E-state index in [-0.39, 0.29) is 0 Å². The van der Waals surface area contributed by atoms with Crippen LogP contribution in [0.5, 0.6) is 0 Å². The first-order valence-corrected chi connectivity index (χ1v) is 3.76. The lowest BCUT2D eigenvalue weighted by Gasteiger charge is -2.06. The van der Waals surface area contributed by atoms with Crippen molar-refractivity contribution >= 4 is 0 Å². The third-order valence-electron chi connectivity index (χ3n) is 2.02. The predicted octanol–water partition coefficient (Wildman–Crippen LogP) is 0.621. The Balaban J connectivity index is 2.28. The van der Waals surface area contributed by atoms with Crippen LogP contribution in [-0.4, -0.2) is 16.3 Å². The molecule has 0 bridgehead atoms. The van der Waals surface area contributed by atoms with Gasteiger partial charge in [0.1, 0.15) is 0 Å². The SMILES string of the molecule is Cn1nccc1C1C=CNC1. The number of nitrogens with zero attached hydrogens (tertiary/aromatic N) is 2. The van der Waals surface area contributed by atoms with Crippen LogP contribution in [0.1, 0.15) is 11.6 Å². The molecule has 0 fully saturated rings. The second-order valence-corrected chi connectivity index (χ2v) is 2.75. The number of hydrogen-bond donors (Lipinski definition) is 1. The van der Waals surface area contributed by atoms with Crippen LogP contribution in [0.3, 0.4) is 0 Å². The maximum absolute atomic E-state index is 4.12. The second-order valence-electron chi connectivity index (χ2n) is 2.75. The molecule has 0 aliphatic carbocycles. The van der Waals surface area contributed by atoms with E-state index >= 15 is 0 Å². The fraction of sp³-hybridized carbons (Fsp3) is 0.375. The summed E-state index contributed by atoms with van der Waals surface area (Å²) < 4.78 is 1.92. The van der Waals surface area contributed by atoms with E-state index in [9.17, 15) is 0 Å². The van der Waals surface area contributed by atoms with E-state index in [0.29, 0.717) is 5.92 Å². The number of nitrogens with one attached hydrogen (secondary N) is 1. The fourth-order valence-corrected chi connectivity index (χ4v) is 1.40. The minimum atomic E-state index is 0.502. The van der Waals surface area contributed by atoms with Gasteiger partial charge in [-0.2, -0.15) is 5.10 Å². The predicted molar refractivity (Wildman–Crippen MR) is 43.1 cm³/mol. The summed E-state index contributed by atoms with van der Waals surface area (Å²) in [6.45, 7) is 1.000. The molecule has 2 heterocycles. The number of hydrogen-bond acceptors (Lipinski definition) is 2. The van der Waals surface area contributed by atoms with Gasteiger partial charge in [0, 0.05) is 31.4 Å². The molecule has 1 aromatic heterocycles. The van der Waals surface area contributed by atoms with Crippen LogP contribution in [0, 0.1) is 0 Å². The molecule has 3 nitrogen and oxygen atoms in total. The molecule has 0 saturated heterocycles. The van der Waals surface area contributed by atoms with Crippen molar-refractivity contribution in [2.45, 2.75) is 5.92 Å². The Morgan fingerprint density at radius 3 is 3.18 bits per heavy atom. The highest BCUT2D eigenvalue weighted by Crippen LogP contribution is 2.17. The van der Waals surface area contributed by atoms with Crippen molar-refractivity contribution < 1.29 is 0 Å². The molecule has 0 saturated carbocycles. The van der Waals surface area contributed by atoms with Crippen LogP contribution in [-0.2, 0) is 7.05 Å². The Hall–Kier alpha value is -1.25. The Labute approximate surface area is 65.7 Å². The first-order chi connectivity index (χ1) is 5.38. The number of rotatable bonds is 1. The maximum Gasteiger partial charge on any atom is 0.0492 e. The van der Waals surface area contributed by atoms with Crippen LogP contribution in [0.15, 0.2) is 24.5 Å². The molecule has 0 amide bonds. The Kier molecular flexibility index (Phi) is 1.42. The summed E-state index contributed by atoms with van der Waals surface area (Å²) in [5.41, 5.74) is 1.27. The smallest absolute Gasteiger partial charge is 0.0492 e. The van der Waals surface area contributed by atoms with Gasteiger partial charge in [-0.15, -0.1) is 0 Å². The Morgan fingerprint density at radius 1 is 1.73 bits per heavy atom. The zero-order valence-corrected chi connectivity index (χ0v) is 6.49. The molecule has 1 aromatic rings. The summed E-state index contributed by atoms with van der Waals surface area (Å²) >= 11 is 0. The van der Waals surface area contributed by atoms with Crippen molar-refractivity contribution in [3.8, 4) is 0 Å². The van der Waals surface area contributed by atoms with Crippen molar-refractivity contribution in [3.05, 3.63) is 30.2 Å². The van der Waals surface area contributed by atoms with Gasteiger partial charge in [-0.05, 0) is 12.3 Å². The van der Waals surface area contributed by atoms with Crippen LogP contribution >= 0.6 is 0 Å². The van der Waals surface area contributed by atoms with E-state index in [4.69, 9.17) is 0 Å². The van der Waals surface area contributed by atoms with Crippen molar-refractivity contribution in [2.75, 3.05) is 6.54 Å². The molecule has 2 rings (SSSR count). The van der Waals surface area contributed by atoms with Crippen molar-refractivity contribution in [1.82, 2.24) is 15.1 Å². The van der Waals surface area contributed by atoms with E-state index < -0.39 is 0 Å². The average molecular weight is 149 g/mol. The topological polar surface area (TPSA) is 29.9 Å². The van der Waals surface area contributed by atoms with Crippen LogP contribution in [0.2, 0.25) is 0 Å². The van der Waals surface area contributed by atoms with E-state index in [1.807, 2.05) is 24.1 Å². The lowest BCUT2D eigenvalue weighted by molar-refractivity contribution is 0.670. The van der Waals surface area contributed by atoms with Gasteiger partial charge < -0.3 is 5.32 Å². The van der Waals surface area contributed by atoms with E-state index in [0.717, 1.165) is 6.54 Å². The molecule has 58 valence electrons. The molecule has 1 aliphatic rings. The third-order valence-corrected chi connectivity index (χ3v) is 2.02. The van der Waals surface area contributed by atoms with Crippen molar-refractivity contribution in [2.24, 2.45) is 7.05 Å². The van der Waals surface area contributed by atoms with E-state index in [2.05, 4.69) is 22.6 Å². The van der Waals surface area contributed by atoms with Gasteiger partial charge in [0.15, 0.2) is 0 Å². The fourth-order valence-electron chi connectivity index (χ4n) is 1.40. The first-order valence-electron chi connectivity index (χ1n) is 3.76. The number of aromatic nitrogens is 2. The molecular formula is C8H11N3. The van der Waals surface area contributed by atoms with E-state index in [1.165, 1.54) is 5.69 Å². The first kappa shape index (κ1) is 6.46. The summed E-state index contributed by atoms with van der Waals surface area (Å²) in [5.74, 6) is 0.502. The largest absolute Gasteiger partial charge is 0.390 e. The minimum Gasteiger partial charge on any atom is -0.390 e. The van der Waals surface area contributed by atoms with Gasteiger partial charge >= 0.3 is 0 Å². The van der Waals surface area contributed by atoms with Gasteiger partial charge in [0.05, 0.1) is 0 Å². The summed E-state index contributed by atoms with van der Waals surface area (Å²) in [5, 5.41) is 7.28. The quantitative estimate of drug-likeness (QED) is 0.634. The molecule has 0 aromatic carbocycles. The van der Waals surface area contributed by atoms with Gasteiger partial charge in [0.2, 0.25) is 0 Å². The maximum atomic E-state index is 4.12. The van der Waals surface area contributed by atoms with Gasteiger partial charge in [0.25, 0.3) is 0 Å². The lowest BCUT2D eigenvalue weighted by atomic mass is 10.1. The van der Waals surface area contributed by atoms with Gasteiger partial charge in [-0.1, -0.05) is 6.08 Å². The highest BCUT2D eigenvalue weighted by molar-refractivity contribution is 5.18. The van der Waals surface area contributed by atoms with Crippen LogP contribution in [0.4, 0.5) is 0 Å². The highest BCUT2D eigenvalue weighted by atomic mass is 15.3. The standard InChI is InChI=1S/C8H11N3/c1-11-8(3-5-10-11)7-2-4-9-6-7/h2-5,7,9H,6H2,1H3. The van der Waals surface area contributed by atoms with E-state index in [1.54, 1.807) is 0 Å². The highest BCUT2D eigenvalue weighted by Gasteiger charge is 2.13. The summed E-state index contributed by atoms with van der Waals surface area (Å²) in [6, 6.07) is 2.06. The summed E-state index contributed by atoms with van der Waals surface area (Å²) in [4.78, 5) is 0. The van der Waals surface area contributed by atoms with Gasteiger partial charge in [-0.3, -0.25) is 4.68 Å². The van der Waals surface area contributed by atoms with Crippen LogP contribution < -0.4 is 5.32 Å². The van der Waals surface area contributed by atoms with Crippen molar-refractivity contribution in [1.29, 1.82) is 0 Å². The third kappa shape index (κ3) is 1.02. The van der Waals surface area contributed by atoms with Crippen LogP contribution in [0.25, 0.3) is 0 Å². The monoisotopic (exact) mass is 149 g/mol. The van der Waals surface area contributed by atoms with Gasteiger partial charge in [-0.25, -0.2) is 0 Å². The molecule has 1 unspecified atom stereocenters. The molecule has 1 N–H and O–H groups in total. The zero-order valence-electron chi connectivity index (χ0n) is 6.49. The molecule has 0 spiro atoms. The second kappa shape index (κ2) is 2.42. The minimum absolute atomic E-state index is 0.502. The zero-order chi connectivity index (χ0) is 7.68. The summed E-state index contributed by atoms with van der Waals surface area (Å²) in [7, 11) is 1.97. The molecule has 1 atom stereocenters. The Morgan fingerprint density at radius 2 is 2.64 bits per heavy atom. The Bertz CT molecular complexity index is 275. The normalized spacial score (nSPS) is 22.1.